The number of aliphatic imine (C=N–C) groups is 1. The smallest absolute Gasteiger partial charge is 0.211 e. The molecule has 20 heavy (non-hydrogen) atoms. The second kappa shape index (κ2) is 9.18. The minimum atomic E-state index is -3.12. The predicted octanol–water partition coefficient (Wildman–Crippen LogP) is 0.814. The molecule has 0 aromatic carbocycles. The molecule has 1 aliphatic rings. The molecule has 1 rings (SSSR count). The van der Waals surface area contributed by atoms with Crippen molar-refractivity contribution in [1.29, 1.82) is 0 Å². The van der Waals surface area contributed by atoms with Gasteiger partial charge >= 0.3 is 0 Å². The molecule has 0 heterocycles. The highest BCUT2D eigenvalue weighted by molar-refractivity contribution is 7.89. The first-order valence-corrected chi connectivity index (χ1v) is 9.24. The van der Waals surface area contributed by atoms with Gasteiger partial charge in [-0.15, -0.1) is 0 Å². The van der Waals surface area contributed by atoms with Gasteiger partial charge in [-0.3, -0.25) is 4.99 Å². The highest BCUT2D eigenvalue weighted by atomic mass is 32.2. The Hall–Kier alpha value is -0.820. The van der Waals surface area contributed by atoms with Crippen LogP contribution in [0, 0.1) is 0 Å². The summed E-state index contributed by atoms with van der Waals surface area (Å²) in [5.74, 6) is 0.895. The summed E-state index contributed by atoms with van der Waals surface area (Å²) < 4.78 is 25.1. The van der Waals surface area contributed by atoms with Crippen LogP contribution in [0.4, 0.5) is 0 Å². The number of hydrogen-bond donors (Lipinski definition) is 3. The molecular formula is C13H28N4O2S. The lowest BCUT2D eigenvalue weighted by molar-refractivity contribution is 0.410. The quantitative estimate of drug-likeness (QED) is 0.369. The van der Waals surface area contributed by atoms with Crippen LogP contribution in [0.3, 0.4) is 0 Å². The van der Waals surface area contributed by atoms with Crippen molar-refractivity contribution in [3.05, 3.63) is 0 Å². The lowest BCUT2D eigenvalue weighted by Gasteiger charge is -2.24. The molecule has 0 aromatic rings. The second-order valence-corrected chi connectivity index (χ2v) is 7.13. The van der Waals surface area contributed by atoms with Crippen LogP contribution in [-0.4, -0.2) is 45.8 Å². The van der Waals surface area contributed by atoms with E-state index in [1.807, 2.05) is 6.92 Å². The molecule has 0 spiro atoms. The highest BCUT2D eigenvalue weighted by Gasteiger charge is 2.14. The van der Waals surface area contributed by atoms with Gasteiger partial charge in [-0.05, 0) is 26.7 Å². The van der Waals surface area contributed by atoms with Gasteiger partial charge in [0.25, 0.3) is 0 Å². The molecular weight excluding hydrogens is 276 g/mol. The van der Waals surface area contributed by atoms with Gasteiger partial charge in [0.15, 0.2) is 5.96 Å². The Morgan fingerprint density at radius 2 is 1.90 bits per heavy atom. The SMILES string of the molecule is CCNC(=NCCNS(=O)(=O)CC)NC1CCCCC1. The average Bonchev–Trinajstić information content (AvgIpc) is 2.45. The van der Waals surface area contributed by atoms with Gasteiger partial charge < -0.3 is 10.6 Å². The van der Waals surface area contributed by atoms with E-state index in [0.29, 0.717) is 19.1 Å². The summed E-state index contributed by atoms with van der Waals surface area (Å²) in [5, 5.41) is 6.63. The summed E-state index contributed by atoms with van der Waals surface area (Å²) in [4.78, 5) is 4.41. The fourth-order valence-corrected chi connectivity index (χ4v) is 2.84. The van der Waals surface area contributed by atoms with Gasteiger partial charge in [0.2, 0.25) is 10.0 Å². The Labute approximate surface area is 122 Å². The van der Waals surface area contributed by atoms with Gasteiger partial charge in [-0.2, -0.15) is 0 Å². The third-order valence-corrected chi connectivity index (χ3v) is 4.78. The fraction of sp³-hybridized carbons (Fsp3) is 0.923. The third kappa shape index (κ3) is 7.09. The molecule has 7 heteroatoms. The summed E-state index contributed by atoms with van der Waals surface area (Å²) >= 11 is 0. The number of sulfonamides is 1. The lowest BCUT2D eigenvalue weighted by atomic mass is 9.96. The number of rotatable bonds is 7. The zero-order chi connectivity index (χ0) is 14.8. The Kier molecular flexibility index (Phi) is 7.91. The van der Waals surface area contributed by atoms with Crippen molar-refractivity contribution < 1.29 is 8.42 Å². The molecule has 0 aliphatic heterocycles. The zero-order valence-electron chi connectivity index (χ0n) is 12.6. The van der Waals surface area contributed by atoms with Crippen LogP contribution in [0.1, 0.15) is 46.0 Å². The van der Waals surface area contributed by atoms with E-state index in [9.17, 15) is 8.42 Å². The van der Waals surface area contributed by atoms with Crippen LogP contribution in [0.15, 0.2) is 4.99 Å². The van der Waals surface area contributed by atoms with E-state index in [1.165, 1.54) is 32.1 Å². The van der Waals surface area contributed by atoms with Crippen LogP contribution >= 0.6 is 0 Å². The van der Waals surface area contributed by atoms with Gasteiger partial charge in [0.05, 0.1) is 12.3 Å². The molecule has 0 saturated heterocycles. The number of nitrogens with one attached hydrogen (secondary N) is 3. The van der Waals surface area contributed by atoms with Crippen molar-refractivity contribution in [2.24, 2.45) is 4.99 Å². The Balaban J connectivity index is 2.37. The first-order valence-electron chi connectivity index (χ1n) is 7.59. The minimum absolute atomic E-state index is 0.108. The monoisotopic (exact) mass is 304 g/mol. The number of guanidine groups is 1. The van der Waals surface area contributed by atoms with E-state index in [-0.39, 0.29) is 5.75 Å². The second-order valence-electron chi connectivity index (χ2n) is 5.04. The normalized spacial score (nSPS) is 18.0. The molecule has 1 aliphatic carbocycles. The fourth-order valence-electron chi connectivity index (χ4n) is 2.23. The molecule has 0 bridgehead atoms. The maximum atomic E-state index is 11.3. The van der Waals surface area contributed by atoms with Gasteiger partial charge in [-0.25, -0.2) is 13.1 Å². The molecule has 0 radical (unpaired) electrons. The first kappa shape index (κ1) is 17.2. The van der Waals surface area contributed by atoms with Crippen molar-refractivity contribution in [2.45, 2.75) is 52.0 Å². The Morgan fingerprint density at radius 3 is 2.50 bits per heavy atom. The first-order chi connectivity index (χ1) is 9.57. The van der Waals surface area contributed by atoms with Crippen LogP contribution in [-0.2, 0) is 10.0 Å². The van der Waals surface area contributed by atoms with Crippen molar-refractivity contribution >= 4 is 16.0 Å². The Morgan fingerprint density at radius 1 is 1.20 bits per heavy atom. The average molecular weight is 304 g/mol. The topological polar surface area (TPSA) is 82.6 Å². The predicted molar refractivity (Wildman–Crippen MR) is 83.5 cm³/mol. The standard InChI is InChI=1S/C13H28N4O2S/c1-3-14-13(17-12-8-6-5-7-9-12)15-10-11-16-20(18,19)4-2/h12,16H,3-11H2,1-2H3,(H2,14,15,17). The minimum Gasteiger partial charge on any atom is -0.357 e. The van der Waals surface area contributed by atoms with E-state index in [2.05, 4.69) is 20.3 Å². The summed E-state index contributed by atoms with van der Waals surface area (Å²) in [6.45, 7) is 5.25. The summed E-state index contributed by atoms with van der Waals surface area (Å²) in [6, 6.07) is 0.494. The van der Waals surface area contributed by atoms with Gasteiger partial charge in [0.1, 0.15) is 0 Å². The lowest BCUT2D eigenvalue weighted by Crippen LogP contribution is -2.44. The summed E-state index contributed by atoms with van der Waals surface area (Å²) in [6.07, 6.45) is 6.24. The van der Waals surface area contributed by atoms with Gasteiger partial charge in [0, 0.05) is 19.1 Å². The van der Waals surface area contributed by atoms with E-state index in [0.717, 1.165) is 12.5 Å². The molecule has 3 N–H and O–H groups in total. The summed E-state index contributed by atoms with van der Waals surface area (Å²) in [5.41, 5.74) is 0. The Bertz CT molecular complexity index is 389. The number of hydrogen-bond acceptors (Lipinski definition) is 3. The zero-order valence-corrected chi connectivity index (χ0v) is 13.4. The molecule has 0 aromatic heterocycles. The number of nitrogens with zero attached hydrogens (tertiary/aromatic N) is 1. The van der Waals surface area contributed by atoms with Crippen molar-refractivity contribution in [1.82, 2.24) is 15.4 Å². The van der Waals surface area contributed by atoms with Crippen molar-refractivity contribution in [3.8, 4) is 0 Å². The third-order valence-electron chi connectivity index (χ3n) is 3.37. The molecule has 0 atom stereocenters. The van der Waals surface area contributed by atoms with Crippen LogP contribution < -0.4 is 15.4 Å². The molecule has 6 nitrogen and oxygen atoms in total. The molecule has 1 saturated carbocycles. The van der Waals surface area contributed by atoms with Crippen LogP contribution in [0.5, 0.6) is 0 Å². The summed E-state index contributed by atoms with van der Waals surface area (Å²) in [7, 11) is -3.12. The van der Waals surface area contributed by atoms with E-state index < -0.39 is 10.0 Å². The van der Waals surface area contributed by atoms with E-state index in [4.69, 9.17) is 0 Å². The van der Waals surface area contributed by atoms with Crippen LogP contribution in [0.2, 0.25) is 0 Å². The highest BCUT2D eigenvalue weighted by Crippen LogP contribution is 2.17. The van der Waals surface area contributed by atoms with Crippen molar-refractivity contribution in [3.63, 3.8) is 0 Å². The molecule has 1 fully saturated rings. The molecule has 0 amide bonds. The van der Waals surface area contributed by atoms with Crippen LogP contribution in [0.25, 0.3) is 0 Å². The maximum Gasteiger partial charge on any atom is 0.211 e. The van der Waals surface area contributed by atoms with E-state index in [1.54, 1.807) is 6.92 Å². The van der Waals surface area contributed by atoms with Crippen molar-refractivity contribution in [2.75, 3.05) is 25.4 Å². The maximum absolute atomic E-state index is 11.3. The molecule has 118 valence electrons. The largest absolute Gasteiger partial charge is 0.357 e. The van der Waals surface area contributed by atoms with E-state index >= 15 is 0 Å². The molecule has 0 unspecified atom stereocenters. The van der Waals surface area contributed by atoms with Gasteiger partial charge in [-0.1, -0.05) is 19.3 Å².